The predicted octanol–water partition coefficient (Wildman–Crippen LogP) is 4.27. The molecule has 10 nitrogen and oxygen atoms in total. The maximum absolute atomic E-state index is 10.6. The first kappa shape index (κ1) is 30.5. The van der Waals surface area contributed by atoms with Crippen molar-refractivity contribution in [3.8, 4) is 0 Å². The topological polar surface area (TPSA) is 142 Å². The maximum atomic E-state index is 10.6. The number of hydrogen-bond acceptors (Lipinski definition) is 9. The number of aliphatic carboxylic acids is 2. The summed E-state index contributed by atoms with van der Waals surface area (Å²) in [6.07, 6.45) is -5.81. The molecule has 3 aromatic rings. The number of carbonyl (C=O) groups is 2. The van der Waals surface area contributed by atoms with Crippen molar-refractivity contribution in [1.82, 2.24) is 20.0 Å². The third kappa shape index (κ3) is 9.97. The number of carboxylic acid groups (broad SMARTS) is 2. The molecule has 38 heavy (non-hydrogen) atoms. The summed E-state index contributed by atoms with van der Waals surface area (Å²) in [5.74, 6) is -3.89. The van der Waals surface area contributed by atoms with E-state index >= 15 is 0 Å². The molecule has 4 rings (SSSR count). The molecule has 3 N–H and O–H groups in total. The summed E-state index contributed by atoms with van der Waals surface area (Å²) >= 11 is 1.87. The minimum absolute atomic E-state index is 0.578. The molecule has 0 aliphatic carbocycles. The number of aromatic nitrogens is 3. The zero-order valence-electron chi connectivity index (χ0n) is 19.5. The van der Waals surface area contributed by atoms with E-state index in [0.717, 1.165) is 37.5 Å². The Morgan fingerprint density at radius 2 is 1.66 bits per heavy atom. The molecule has 0 amide bonds. The molecule has 0 saturated carbocycles. The van der Waals surface area contributed by atoms with E-state index in [9.17, 15) is 26.3 Å². The Hall–Kier alpha value is -3.73. The highest BCUT2D eigenvalue weighted by atomic mass is 32.1. The zero-order valence-corrected chi connectivity index (χ0v) is 20.3. The Balaban J connectivity index is 0.000000301. The Morgan fingerprint density at radius 3 is 2.16 bits per heavy atom. The van der Waals surface area contributed by atoms with Gasteiger partial charge in [0, 0.05) is 53.8 Å². The Kier molecular flexibility index (Phi) is 10.6. The smallest absolute Gasteiger partial charge is 0.475 e. The molecule has 17 heteroatoms. The van der Waals surface area contributed by atoms with Gasteiger partial charge < -0.3 is 20.1 Å². The Labute approximate surface area is 214 Å². The van der Waals surface area contributed by atoms with Crippen LogP contribution in [-0.4, -0.2) is 61.1 Å². The van der Waals surface area contributed by atoms with E-state index in [-0.39, 0.29) is 0 Å². The Morgan fingerprint density at radius 1 is 1.08 bits per heavy atom. The first-order valence-electron chi connectivity index (χ1n) is 10.5. The molecule has 0 saturated heterocycles. The lowest BCUT2D eigenvalue weighted by molar-refractivity contribution is -0.193. The minimum atomic E-state index is -5.08. The lowest BCUT2D eigenvalue weighted by Gasteiger charge is -2.25. The molecule has 1 aliphatic heterocycles. The van der Waals surface area contributed by atoms with E-state index in [1.165, 1.54) is 15.3 Å². The van der Waals surface area contributed by atoms with E-state index in [2.05, 4.69) is 44.4 Å². The lowest BCUT2D eigenvalue weighted by atomic mass is 10.1. The van der Waals surface area contributed by atoms with E-state index in [0.29, 0.717) is 12.5 Å². The van der Waals surface area contributed by atoms with E-state index < -0.39 is 24.3 Å². The fourth-order valence-corrected chi connectivity index (χ4v) is 3.87. The second kappa shape index (κ2) is 13.2. The number of anilines is 1. The van der Waals surface area contributed by atoms with Crippen LogP contribution in [0.1, 0.15) is 26.8 Å². The number of fused-ring (bicyclic) bond motifs is 1. The van der Waals surface area contributed by atoms with Crippen LogP contribution in [0.3, 0.4) is 0 Å². The van der Waals surface area contributed by atoms with Gasteiger partial charge in [-0.1, -0.05) is 5.16 Å². The maximum Gasteiger partial charge on any atom is 0.490 e. The summed E-state index contributed by atoms with van der Waals surface area (Å²) < 4.78 is 69.0. The van der Waals surface area contributed by atoms with Gasteiger partial charge >= 0.3 is 24.3 Å². The molecule has 0 unspecified atom stereocenters. The van der Waals surface area contributed by atoms with Crippen molar-refractivity contribution in [2.75, 3.05) is 11.9 Å². The van der Waals surface area contributed by atoms with E-state index in [1.54, 1.807) is 18.5 Å². The van der Waals surface area contributed by atoms with Crippen molar-refractivity contribution in [3.05, 3.63) is 57.4 Å². The zero-order chi connectivity index (χ0) is 28.5. The average molecular weight is 569 g/mol. The highest BCUT2D eigenvalue weighted by molar-refractivity contribution is 7.11. The molecule has 0 radical (unpaired) electrons. The Bertz CT molecular complexity index is 1180. The number of rotatable bonds is 5. The largest absolute Gasteiger partial charge is 0.490 e. The van der Waals surface area contributed by atoms with Gasteiger partial charge in [0.25, 0.3) is 0 Å². The summed E-state index contributed by atoms with van der Waals surface area (Å²) in [5.41, 5.74) is 2.16. The van der Waals surface area contributed by atoms with Crippen molar-refractivity contribution in [1.29, 1.82) is 0 Å². The van der Waals surface area contributed by atoms with Gasteiger partial charge in [0.05, 0.1) is 6.54 Å². The summed E-state index contributed by atoms with van der Waals surface area (Å²) in [5, 5.41) is 21.7. The van der Waals surface area contributed by atoms with Crippen LogP contribution in [0, 0.1) is 6.92 Å². The summed E-state index contributed by atoms with van der Waals surface area (Å²) in [6, 6.07) is 6.20. The fraction of sp³-hybridized carbons (Fsp3) is 0.381. The van der Waals surface area contributed by atoms with Gasteiger partial charge in [0.15, 0.2) is 0 Å². The minimum Gasteiger partial charge on any atom is -0.475 e. The molecule has 0 bridgehead atoms. The van der Waals surface area contributed by atoms with Crippen LogP contribution in [0.4, 0.5) is 32.3 Å². The molecular weight excluding hydrogens is 548 g/mol. The number of halogens is 6. The highest BCUT2D eigenvalue weighted by Crippen LogP contribution is 2.26. The third-order valence-corrected chi connectivity index (χ3v) is 5.61. The first-order chi connectivity index (χ1) is 17.7. The molecule has 0 aromatic carbocycles. The number of carboxylic acids is 2. The molecule has 0 spiro atoms. The van der Waals surface area contributed by atoms with E-state index in [4.69, 9.17) is 24.3 Å². The number of hydrogen-bond donors (Lipinski definition) is 3. The van der Waals surface area contributed by atoms with Gasteiger partial charge in [0.1, 0.15) is 11.5 Å². The lowest BCUT2D eigenvalue weighted by Crippen LogP contribution is -2.29. The van der Waals surface area contributed by atoms with Crippen LogP contribution in [0.5, 0.6) is 0 Å². The highest BCUT2D eigenvalue weighted by Gasteiger charge is 2.38. The summed E-state index contributed by atoms with van der Waals surface area (Å²) in [6.45, 7) is 5.60. The van der Waals surface area contributed by atoms with Gasteiger partial charge in [-0.15, -0.1) is 11.3 Å². The number of alkyl halides is 6. The number of thiophene rings is 1. The second-order valence-corrected chi connectivity index (χ2v) is 8.91. The molecule has 0 fully saturated rings. The third-order valence-electron chi connectivity index (χ3n) is 4.63. The molecular formula is C21H21F6N5O5S. The standard InChI is InChI=1S/C17H19N5OS.2C2HF3O2/c1-12-3-4-13(24-12)10-22-8-5-16-14(11-22)15(21-23-16)9-20-17-18-6-2-7-19-17;2*3-2(4,5)1(6)7/h2-4,6-7H,5,8-11H2,1H3,(H,18,19,20);2*(H,6,7). The molecule has 208 valence electrons. The van der Waals surface area contributed by atoms with Crippen molar-refractivity contribution in [2.45, 2.75) is 45.3 Å². The average Bonchev–Trinajstić information content (AvgIpc) is 3.43. The molecule has 4 heterocycles. The summed E-state index contributed by atoms with van der Waals surface area (Å²) in [4.78, 5) is 31.4. The molecule has 3 aromatic heterocycles. The second-order valence-electron chi connectivity index (χ2n) is 7.54. The molecule has 1 aliphatic rings. The van der Waals surface area contributed by atoms with Gasteiger partial charge in [-0.2, -0.15) is 26.3 Å². The van der Waals surface area contributed by atoms with Crippen LogP contribution in [0.25, 0.3) is 0 Å². The van der Waals surface area contributed by atoms with Gasteiger partial charge in [0.2, 0.25) is 5.95 Å². The van der Waals surface area contributed by atoms with Crippen molar-refractivity contribution in [2.24, 2.45) is 0 Å². The SMILES string of the molecule is Cc1ccc(CN2CCc3onc(CNc4ncccn4)c3C2)s1.O=C(O)C(F)(F)F.O=C(O)C(F)(F)F. The van der Waals surface area contributed by atoms with Crippen LogP contribution in [-0.2, 0) is 35.6 Å². The van der Waals surface area contributed by atoms with Crippen molar-refractivity contribution >= 4 is 29.2 Å². The summed E-state index contributed by atoms with van der Waals surface area (Å²) in [7, 11) is 0. The van der Waals surface area contributed by atoms with Crippen LogP contribution >= 0.6 is 11.3 Å². The predicted molar refractivity (Wildman–Crippen MR) is 120 cm³/mol. The van der Waals surface area contributed by atoms with Crippen molar-refractivity contribution < 1.29 is 50.7 Å². The quantitative estimate of drug-likeness (QED) is 0.382. The van der Waals surface area contributed by atoms with Gasteiger partial charge in [-0.25, -0.2) is 19.6 Å². The van der Waals surface area contributed by atoms with Crippen LogP contribution in [0.2, 0.25) is 0 Å². The van der Waals surface area contributed by atoms with Crippen LogP contribution in [0.15, 0.2) is 35.1 Å². The number of nitrogens with one attached hydrogen (secondary N) is 1. The monoisotopic (exact) mass is 569 g/mol. The number of aryl methyl sites for hydroxylation is 1. The first-order valence-corrected chi connectivity index (χ1v) is 11.3. The van der Waals surface area contributed by atoms with E-state index in [1.807, 2.05) is 11.3 Å². The van der Waals surface area contributed by atoms with Crippen molar-refractivity contribution in [3.63, 3.8) is 0 Å². The van der Waals surface area contributed by atoms with Crippen LogP contribution < -0.4 is 5.32 Å². The molecule has 0 atom stereocenters. The van der Waals surface area contributed by atoms with Gasteiger partial charge in [-0.3, -0.25) is 4.90 Å². The van der Waals surface area contributed by atoms with Gasteiger partial charge in [-0.05, 0) is 25.1 Å². The fourth-order valence-electron chi connectivity index (χ4n) is 2.94. The number of nitrogens with zero attached hydrogens (tertiary/aromatic N) is 4. The normalized spacial score (nSPS) is 13.3.